The van der Waals surface area contributed by atoms with Gasteiger partial charge in [0.15, 0.2) is 23.0 Å². The Kier molecular flexibility index (Phi) is 5.64. The van der Waals surface area contributed by atoms with Gasteiger partial charge in [-0.1, -0.05) is 35.9 Å². The van der Waals surface area contributed by atoms with E-state index in [0.29, 0.717) is 34.3 Å². The van der Waals surface area contributed by atoms with Gasteiger partial charge in [0.05, 0.1) is 27.4 Å². The zero-order valence-corrected chi connectivity index (χ0v) is 21.5. The molecule has 37 heavy (non-hydrogen) atoms. The number of nitrogens with zero attached hydrogens (tertiary/aromatic N) is 1. The molecule has 3 aliphatic heterocycles. The molecule has 8 heteroatoms. The first kappa shape index (κ1) is 23.5. The lowest BCUT2D eigenvalue weighted by atomic mass is 9.81. The molecule has 0 aromatic heterocycles. The Labute approximate surface area is 215 Å². The fourth-order valence-electron chi connectivity index (χ4n) is 5.94. The fraction of sp³-hybridized carbons (Fsp3) is 0.345. The number of methoxy groups -OCH3 is 3. The Balaban J connectivity index is 1.60. The molecule has 0 spiro atoms. The van der Waals surface area contributed by atoms with Gasteiger partial charge in [-0.15, -0.1) is 0 Å². The summed E-state index contributed by atoms with van der Waals surface area (Å²) in [4.78, 5) is 15.4. The van der Waals surface area contributed by atoms with Gasteiger partial charge in [0.1, 0.15) is 11.7 Å². The Hall–Kier alpha value is -3.91. The smallest absolute Gasteiger partial charge is 0.343 e. The minimum absolute atomic E-state index is 0.117. The third-order valence-electron chi connectivity index (χ3n) is 7.52. The second-order valence-electron chi connectivity index (χ2n) is 9.50. The summed E-state index contributed by atoms with van der Waals surface area (Å²) in [5.41, 5.74) is 6.41. The summed E-state index contributed by atoms with van der Waals surface area (Å²) < 4.78 is 35.1. The van der Waals surface area contributed by atoms with Crippen LogP contribution >= 0.6 is 0 Å². The fourth-order valence-corrected chi connectivity index (χ4v) is 5.94. The Morgan fingerprint density at radius 1 is 0.946 bits per heavy atom. The van der Waals surface area contributed by atoms with E-state index in [2.05, 4.69) is 30.0 Å². The number of cyclic esters (lactones) is 1. The average Bonchev–Trinajstić information content (AvgIpc) is 3.51. The Morgan fingerprint density at radius 2 is 1.73 bits per heavy atom. The Bertz CT molecular complexity index is 1420. The van der Waals surface area contributed by atoms with E-state index in [-0.39, 0.29) is 12.8 Å². The molecule has 3 aromatic rings. The minimum atomic E-state index is -0.578. The predicted octanol–water partition coefficient (Wildman–Crippen LogP) is 4.86. The lowest BCUT2D eigenvalue weighted by Crippen LogP contribution is -2.36. The standard InChI is InChI=1S/C29H29NO7/c1-15-7-6-8-16(13-15)20-17-11-12-30(2)23(21(17)26(34-5)28-27(20)35-14-36-28)24-18-9-10-19(32-3)25(33-4)22(18)29(31)37-24/h6-10,13,23-24H,11-12,14H2,1-5H3. The van der Waals surface area contributed by atoms with E-state index in [1.54, 1.807) is 14.2 Å². The zero-order valence-electron chi connectivity index (χ0n) is 21.5. The van der Waals surface area contributed by atoms with E-state index in [1.807, 2.05) is 25.2 Å². The molecule has 0 N–H and O–H groups in total. The van der Waals surface area contributed by atoms with Crippen molar-refractivity contribution in [3.63, 3.8) is 0 Å². The van der Waals surface area contributed by atoms with Crippen LogP contribution in [0.5, 0.6) is 28.7 Å². The second-order valence-corrected chi connectivity index (χ2v) is 9.50. The van der Waals surface area contributed by atoms with Crippen LogP contribution < -0.4 is 23.7 Å². The highest BCUT2D eigenvalue weighted by Gasteiger charge is 2.47. The second kappa shape index (κ2) is 8.88. The van der Waals surface area contributed by atoms with Crippen LogP contribution in [0.25, 0.3) is 11.1 Å². The number of fused-ring (bicyclic) bond motifs is 3. The molecular formula is C29H29NO7. The number of benzene rings is 3. The number of likely N-dealkylation sites (N-methyl/N-ethyl adjacent to an activating group) is 1. The lowest BCUT2D eigenvalue weighted by molar-refractivity contribution is 0.00877. The molecule has 0 amide bonds. The summed E-state index contributed by atoms with van der Waals surface area (Å²) in [6, 6.07) is 11.7. The van der Waals surface area contributed by atoms with E-state index < -0.39 is 12.1 Å². The van der Waals surface area contributed by atoms with E-state index in [4.69, 9.17) is 28.4 Å². The topological polar surface area (TPSA) is 75.7 Å². The molecule has 0 radical (unpaired) electrons. The number of hydrogen-bond acceptors (Lipinski definition) is 8. The number of carbonyl (C=O) groups is 1. The van der Waals surface area contributed by atoms with E-state index in [0.717, 1.165) is 46.3 Å². The van der Waals surface area contributed by atoms with Crippen LogP contribution in [0.1, 0.15) is 44.8 Å². The van der Waals surface area contributed by atoms with Gasteiger partial charge < -0.3 is 28.4 Å². The molecule has 2 unspecified atom stereocenters. The first-order valence-corrected chi connectivity index (χ1v) is 12.2. The van der Waals surface area contributed by atoms with E-state index in [9.17, 15) is 4.79 Å². The van der Waals surface area contributed by atoms with Crippen LogP contribution in [0.2, 0.25) is 0 Å². The summed E-state index contributed by atoms with van der Waals surface area (Å²) in [5, 5.41) is 0. The van der Waals surface area contributed by atoms with E-state index >= 15 is 0 Å². The number of ether oxygens (including phenoxy) is 6. The highest BCUT2D eigenvalue weighted by atomic mass is 16.7. The van der Waals surface area contributed by atoms with Crippen molar-refractivity contribution in [2.45, 2.75) is 25.5 Å². The molecular weight excluding hydrogens is 474 g/mol. The maximum Gasteiger partial charge on any atom is 0.343 e. The monoisotopic (exact) mass is 503 g/mol. The van der Waals surface area contributed by atoms with Crippen LogP contribution in [-0.4, -0.2) is 52.6 Å². The van der Waals surface area contributed by atoms with Crippen molar-refractivity contribution in [1.82, 2.24) is 4.90 Å². The molecule has 0 bridgehead atoms. The van der Waals surface area contributed by atoms with Gasteiger partial charge in [0, 0.05) is 23.2 Å². The molecule has 192 valence electrons. The van der Waals surface area contributed by atoms with Gasteiger partial charge in [-0.05, 0) is 37.6 Å². The van der Waals surface area contributed by atoms with E-state index in [1.165, 1.54) is 7.11 Å². The molecule has 0 saturated carbocycles. The summed E-state index contributed by atoms with van der Waals surface area (Å²) in [5.74, 6) is 2.31. The van der Waals surface area contributed by atoms with Crippen LogP contribution in [0.3, 0.4) is 0 Å². The number of aryl methyl sites for hydroxylation is 1. The number of carbonyl (C=O) groups excluding carboxylic acids is 1. The first-order valence-electron chi connectivity index (χ1n) is 12.2. The number of hydrogen-bond donors (Lipinski definition) is 0. The molecule has 6 rings (SSSR count). The Morgan fingerprint density at radius 3 is 2.46 bits per heavy atom. The predicted molar refractivity (Wildman–Crippen MR) is 136 cm³/mol. The van der Waals surface area contributed by atoms with Crippen LogP contribution in [0.4, 0.5) is 0 Å². The molecule has 3 aromatic carbocycles. The molecule has 8 nitrogen and oxygen atoms in total. The molecule has 3 aliphatic rings. The molecule has 2 atom stereocenters. The third kappa shape index (κ3) is 3.43. The summed E-state index contributed by atoms with van der Waals surface area (Å²) >= 11 is 0. The van der Waals surface area contributed by atoms with Crippen molar-refractivity contribution in [2.24, 2.45) is 0 Å². The first-order chi connectivity index (χ1) is 18.0. The third-order valence-corrected chi connectivity index (χ3v) is 7.52. The maximum absolute atomic E-state index is 13.2. The number of esters is 1. The van der Waals surface area contributed by atoms with Gasteiger partial charge in [0.2, 0.25) is 12.5 Å². The molecule has 0 saturated heterocycles. The molecule has 0 fully saturated rings. The van der Waals surface area contributed by atoms with Gasteiger partial charge in [0.25, 0.3) is 0 Å². The summed E-state index contributed by atoms with van der Waals surface area (Å²) in [6.07, 6.45) is 0.198. The van der Waals surface area contributed by atoms with Crippen LogP contribution in [0, 0.1) is 6.92 Å². The highest BCUT2D eigenvalue weighted by Crippen LogP contribution is 2.58. The minimum Gasteiger partial charge on any atom is -0.493 e. The quantitative estimate of drug-likeness (QED) is 0.457. The van der Waals surface area contributed by atoms with Crippen molar-refractivity contribution in [3.05, 3.63) is 64.2 Å². The summed E-state index contributed by atoms with van der Waals surface area (Å²) in [6.45, 7) is 2.95. The van der Waals surface area contributed by atoms with Gasteiger partial charge in [-0.3, -0.25) is 4.90 Å². The van der Waals surface area contributed by atoms with Gasteiger partial charge in [-0.25, -0.2) is 4.79 Å². The van der Waals surface area contributed by atoms with Gasteiger partial charge in [-0.2, -0.15) is 0 Å². The number of rotatable bonds is 5. The summed E-state index contributed by atoms with van der Waals surface area (Å²) in [7, 11) is 6.75. The van der Waals surface area contributed by atoms with Crippen LogP contribution in [-0.2, 0) is 11.2 Å². The van der Waals surface area contributed by atoms with Crippen molar-refractivity contribution >= 4 is 5.97 Å². The van der Waals surface area contributed by atoms with Gasteiger partial charge >= 0.3 is 5.97 Å². The maximum atomic E-state index is 13.2. The lowest BCUT2D eigenvalue weighted by Gasteiger charge is -2.39. The van der Waals surface area contributed by atoms with Crippen molar-refractivity contribution in [2.75, 3.05) is 41.7 Å². The molecule has 3 heterocycles. The largest absolute Gasteiger partial charge is 0.493 e. The SMILES string of the molecule is COc1ccc2c(c1OC)C(=O)OC2C1c2c(c(-c3cccc(C)c3)c3c(c2OC)OCO3)CCN1C. The molecule has 0 aliphatic carbocycles. The van der Waals surface area contributed by atoms with Crippen LogP contribution in [0.15, 0.2) is 36.4 Å². The van der Waals surface area contributed by atoms with Crippen molar-refractivity contribution in [1.29, 1.82) is 0 Å². The van der Waals surface area contributed by atoms with Crippen molar-refractivity contribution in [3.8, 4) is 39.9 Å². The average molecular weight is 504 g/mol. The van der Waals surface area contributed by atoms with Crippen molar-refractivity contribution < 1.29 is 33.2 Å². The zero-order chi connectivity index (χ0) is 25.8. The normalized spacial score (nSPS) is 19.8. The highest BCUT2D eigenvalue weighted by molar-refractivity contribution is 5.98.